The molecule has 2 rings (SSSR count). The Morgan fingerprint density at radius 2 is 1.83 bits per heavy atom. The van der Waals surface area contributed by atoms with Crippen LogP contribution in [0.4, 0.5) is 4.79 Å². The van der Waals surface area contributed by atoms with E-state index in [1.165, 1.54) is 5.56 Å². The molecule has 0 aliphatic carbocycles. The SMILES string of the molecule is CCNC(=NCC(C)(C)c1ccc(OC)cc1)NC1CCN(C(=O)OCC)CC1.I. The zero-order chi connectivity index (χ0) is 21.3. The van der Waals surface area contributed by atoms with E-state index >= 15 is 0 Å². The quantitative estimate of drug-likeness (QED) is 0.318. The summed E-state index contributed by atoms with van der Waals surface area (Å²) in [4.78, 5) is 18.5. The van der Waals surface area contributed by atoms with Gasteiger partial charge in [0.15, 0.2) is 5.96 Å². The Kier molecular flexibility index (Phi) is 11.3. The number of guanidine groups is 1. The number of piperidine rings is 1. The van der Waals surface area contributed by atoms with Gasteiger partial charge in [-0.1, -0.05) is 26.0 Å². The molecule has 1 aliphatic heterocycles. The summed E-state index contributed by atoms with van der Waals surface area (Å²) in [5, 5.41) is 6.87. The second kappa shape index (κ2) is 12.9. The highest BCUT2D eigenvalue weighted by atomic mass is 127. The van der Waals surface area contributed by atoms with Gasteiger partial charge in [0.2, 0.25) is 0 Å². The number of hydrogen-bond acceptors (Lipinski definition) is 4. The summed E-state index contributed by atoms with van der Waals surface area (Å²) < 4.78 is 10.3. The monoisotopic (exact) mass is 532 g/mol. The Bertz CT molecular complexity index is 671. The van der Waals surface area contributed by atoms with Gasteiger partial charge in [0.25, 0.3) is 0 Å². The Balaban J connectivity index is 0.00000450. The fraction of sp³-hybridized carbons (Fsp3) is 0.636. The molecule has 170 valence electrons. The Hall–Kier alpha value is -1.71. The van der Waals surface area contributed by atoms with Crippen molar-refractivity contribution in [2.75, 3.05) is 39.9 Å². The topological polar surface area (TPSA) is 75.2 Å². The minimum absolute atomic E-state index is 0. The van der Waals surface area contributed by atoms with Gasteiger partial charge in [-0.2, -0.15) is 0 Å². The highest BCUT2D eigenvalue weighted by Gasteiger charge is 2.25. The molecule has 1 aromatic carbocycles. The predicted molar refractivity (Wildman–Crippen MR) is 132 cm³/mol. The molecule has 1 amide bonds. The van der Waals surface area contributed by atoms with Crippen LogP contribution in [0.15, 0.2) is 29.3 Å². The Morgan fingerprint density at radius 3 is 2.37 bits per heavy atom. The lowest BCUT2D eigenvalue weighted by Crippen LogP contribution is -2.50. The lowest BCUT2D eigenvalue weighted by molar-refractivity contribution is 0.0963. The summed E-state index contributed by atoms with van der Waals surface area (Å²) in [6.07, 6.45) is 1.55. The van der Waals surface area contributed by atoms with Gasteiger partial charge >= 0.3 is 6.09 Å². The molecule has 1 aliphatic rings. The van der Waals surface area contributed by atoms with Crippen LogP contribution >= 0.6 is 24.0 Å². The first kappa shape index (κ1) is 26.3. The molecule has 1 fully saturated rings. The Labute approximate surface area is 198 Å². The molecular weight excluding hydrogens is 495 g/mol. The predicted octanol–water partition coefficient (Wildman–Crippen LogP) is 3.77. The van der Waals surface area contributed by atoms with Crippen LogP contribution in [0.1, 0.15) is 46.1 Å². The van der Waals surface area contributed by atoms with Crippen molar-refractivity contribution in [1.82, 2.24) is 15.5 Å². The number of carbonyl (C=O) groups is 1. The normalized spacial score (nSPS) is 15.2. The van der Waals surface area contributed by atoms with Gasteiger partial charge in [-0.25, -0.2) is 4.79 Å². The van der Waals surface area contributed by atoms with Gasteiger partial charge in [-0.15, -0.1) is 24.0 Å². The highest BCUT2D eigenvalue weighted by Crippen LogP contribution is 2.25. The summed E-state index contributed by atoms with van der Waals surface area (Å²) in [6.45, 7) is 11.6. The maximum atomic E-state index is 11.9. The molecule has 0 unspecified atom stereocenters. The first-order chi connectivity index (χ1) is 13.9. The third-order valence-electron chi connectivity index (χ3n) is 5.21. The third-order valence-corrected chi connectivity index (χ3v) is 5.21. The van der Waals surface area contributed by atoms with E-state index in [0.717, 1.165) is 31.1 Å². The number of benzene rings is 1. The molecule has 7 nitrogen and oxygen atoms in total. The zero-order valence-electron chi connectivity index (χ0n) is 18.9. The van der Waals surface area contributed by atoms with Gasteiger partial charge in [-0.05, 0) is 44.4 Å². The van der Waals surface area contributed by atoms with Crippen LogP contribution in [-0.4, -0.2) is 62.9 Å². The molecule has 0 atom stereocenters. The van der Waals surface area contributed by atoms with Crippen LogP contribution in [0.3, 0.4) is 0 Å². The molecule has 0 aromatic heterocycles. The van der Waals surface area contributed by atoms with Gasteiger partial charge in [-0.3, -0.25) is 4.99 Å². The smallest absolute Gasteiger partial charge is 0.409 e. The summed E-state index contributed by atoms with van der Waals surface area (Å²) in [5.74, 6) is 1.68. The van der Waals surface area contributed by atoms with E-state index in [9.17, 15) is 4.79 Å². The number of likely N-dealkylation sites (tertiary alicyclic amines) is 1. The number of rotatable bonds is 7. The first-order valence-corrected chi connectivity index (χ1v) is 10.5. The van der Waals surface area contributed by atoms with Crippen molar-refractivity contribution in [1.29, 1.82) is 0 Å². The molecule has 0 spiro atoms. The molecule has 30 heavy (non-hydrogen) atoms. The van der Waals surface area contributed by atoms with Gasteiger partial charge in [0, 0.05) is 31.1 Å². The summed E-state index contributed by atoms with van der Waals surface area (Å²) in [6, 6.07) is 8.46. The molecule has 1 saturated heterocycles. The van der Waals surface area contributed by atoms with Crippen molar-refractivity contribution in [3.05, 3.63) is 29.8 Å². The molecule has 2 N–H and O–H groups in total. The van der Waals surface area contributed by atoms with E-state index in [1.807, 2.05) is 19.1 Å². The zero-order valence-corrected chi connectivity index (χ0v) is 21.2. The number of hydrogen-bond donors (Lipinski definition) is 2. The number of nitrogens with one attached hydrogen (secondary N) is 2. The fourth-order valence-corrected chi connectivity index (χ4v) is 3.34. The molecule has 0 saturated carbocycles. The Morgan fingerprint density at radius 1 is 1.20 bits per heavy atom. The van der Waals surface area contributed by atoms with Crippen molar-refractivity contribution in [3.8, 4) is 5.75 Å². The first-order valence-electron chi connectivity index (χ1n) is 10.5. The second-order valence-electron chi connectivity index (χ2n) is 7.91. The van der Waals surface area contributed by atoms with Crippen LogP contribution in [0.2, 0.25) is 0 Å². The number of carbonyl (C=O) groups excluding carboxylic acids is 1. The lowest BCUT2D eigenvalue weighted by atomic mass is 9.85. The molecule has 1 heterocycles. The van der Waals surface area contributed by atoms with E-state index in [0.29, 0.717) is 32.3 Å². The van der Waals surface area contributed by atoms with Crippen molar-refractivity contribution in [3.63, 3.8) is 0 Å². The number of ether oxygens (including phenoxy) is 2. The molecule has 0 bridgehead atoms. The minimum Gasteiger partial charge on any atom is -0.497 e. The summed E-state index contributed by atoms with van der Waals surface area (Å²) in [5.41, 5.74) is 1.13. The van der Waals surface area contributed by atoms with E-state index in [-0.39, 0.29) is 35.5 Å². The third kappa shape index (κ3) is 7.85. The van der Waals surface area contributed by atoms with E-state index in [4.69, 9.17) is 14.5 Å². The number of aliphatic imine (C=N–C) groups is 1. The van der Waals surface area contributed by atoms with Crippen LogP contribution in [0.5, 0.6) is 5.75 Å². The lowest BCUT2D eigenvalue weighted by Gasteiger charge is -2.32. The van der Waals surface area contributed by atoms with E-state index in [1.54, 1.807) is 12.0 Å². The largest absolute Gasteiger partial charge is 0.497 e. The highest BCUT2D eigenvalue weighted by molar-refractivity contribution is 14.0. The number of methoxy groups -OCH3 is 1. The van der Waals surface area contributed by atoms with Crippen molar-refractivity contribution in [2.45, 2.75) is 52.0 Å². The molecule has 0 radical (unpaired) electrons. The van der Waals surface area contributed by atoms with Crippen LogP contribution < -0.4 is 15.4 Å². The fourth-order valence-electron chi connectivity index (χ4n) is 3.34. The number of nitrogens with zero attached hydrogens (tertiary/aromatic N) is 2. The van der Waals surface area contributed by atoms with Crippen LogP contribution in [0.25, 0.3) is 0 Å². The molecule has 1 aromatic rings. The average molecular weight is 532 g/mol. The van der Waals surface area contributed by atoms with E-state index < -0.39 is 0 Å². The standard InChI is InChI=1S/C22H36N4O3.HI/c1-6-23-20(25-18-12-14-26(15-13-18)21(27)29-7-2)24-16-22(3,4)17-8-10-19(28-5)11-9-17;/h8-11,18H,6-7,12-16H2,1-5H3,(H2,23,24,25);1H. The van der Waals surface area contributed by atoms with E-state index in [2.05, 4.69) is 43.5 Å². The van der Waals surface area contributed by atoms with Gasteiger partial charge in [0.1, 0.15) is 5.75 Å². The van der Waals surface area contributed by atoms with Crippen LogP contribution in [-0.2, 0) is 10.2 Å². The van der Waals surface area contributed by atoms with Gasteiger partial charge < -0.3 is 25.0 Å². The maximum absolute atomic E-state index is 11.9. The molecular formula is C22H37IN4O3. The average Bonchev–Trinajstić information content (AvgIpc) is 2.73. The van der Waals surface area contributed by atoms with Crippen molar-refractivity contribution < 1.29 is 14.3 Å². The summed E-state index contributed by atoms with van der Waals surface area (Å²) in [7, 11) is 1.68. The number of halogens is 1. The van der Waals surface area contributed by atoms with Crippen molar-refractivity contribution in [2.24, 2.45) is 4.99 Å². The minimum atomic E-state index is -0.215. The molecule has 8 heteroatoms. The van der Waals surface area contributed by atoms with Gasteiger partial charge in [0.05, 0.1) is 20.3 Å². The van der Waals surface area contributed by atoms with Crippen LogP contribution in [0, 0.1) is 0 Å². The maximum Gasteiger partial charge on any atom is 0.409 e. The second-order valence-corrected chi connectivity index (χ2v) is 7.91. The summed E-state index contributed by atoms with van der Waals surface area (Å²) >= 11 is 0. The van der Waals surface area contributed by atoms with Crippen molar-refractivity contribution >= 4 is 36.0 Å². The number of amides is 1.